The number of hydrogen-bond acceptors (Lipinski definition) is 4. The van der Waals surface area contributed by atoms with Crippen LogP contribution >= 0.6 is 22.6 Å². The minimum atomic E-state index is -4.00. The van der Waals surface area contributed by atoms with E-state index >= 15 is 0 Å². The molecule has 3 aromatic rings. The van der Waals surface area contributed by atoms with Crippen molar-refractivity contribution in [2.24, 2.45) is 0 Å². The van der Waals surface area contributed by atoms with Gasteiger partial charge in [-0.15, -0.1) is 0 Å². The molecule has 5 rings (SSSR count). The highest BCUT2D eigenvalue weighted by Gasteiger charge is 2.49. The molecule has 0 bridgehead atoms. The number of nitrogens with zero attached hydrogens (tertiary/aromatic N) is 2. The monoisotopic (exact) mass is 574 g/mol. The zero-order valence-electron chi connectivity index (χ0n) is 17.9. The van der Waals surface area contributed by atoms with Gasteiger partial charge in [0.05, 0.1) is 17.0 Å². The second-order valence-corrected chi connectivity index (χ2v) is 11.6. The average Bonchev–Trinajstić information content (AvgIpc) is 3.43. The molecular weight excluding hydrogens is 551 g/mol. The van der Waals surface area contributed by atoms with Crippen molar-refractivity contribution >= 4 is 60.9 Å². The van der Waals surface area contributed by atoms with E-state index in [4.69, 9.17) is 0 Å². The van der Waals surface area contributed by atoms with Crippen LogP contribution in [0.1, 0.15) is 32.1 Å². The van der Waals surface area contributed by atoms with E-state index < -0.39 is 22.0 Å². The van der Waals surface area contributed by atoms with Crippen molar-refractivity contribution < 1.29 is 18.0 Å². The van der Waals surface area contributed by atoms with Crippen molar-refractivity contribution in [1.29, 1.82) is 0 Å². The lowest BCUT2D eigenvalue weighted by molar-refractivity contribution is -0.122. The van der Waals surface area contributed by atoms with Crippen molar-refractivity contribution in [3.8, 4) is 0 Å². The fraction of sp³-hybridized carbons (Fsp3) is 0.280. The summed E-state index contributed by atoms with van der Waals surface area (Å²) < 4.78 is 30.2. The molecule has 1 heterocycles. The summed E-state index contributed by atoms with van der Waals surface area (Å²) in [6, 6.07) is 18.4. The molecular formula is C25H23IN2O4S. The standard InChI is InChI=1S/C25H23IN2O4S/c26-19-10-12-20(13-11-19)27-24(29)16-23(25(27)30)28(21-7-3-4-8-21)33(31,32)22-14-9-17-5-1-2-6-18(17)15-22/h1-2,5-6,9-15,21,23H,3-4,7-8,16H2. The Morgan fingerprint density at radius 2 is 1.55 bits per heavy atom. The number of hydrogen-bond donors (Lipinski definition) is 0. The van der Waals surface area contributed by atoms with Gasteiger partial charge in [0.25, 0.3) is 5.91 Å². The molecule has 1 aliphatic carbocycles. The fourth-order valence-electron chi connectivity index (χ4n) is 4.90. The highest BCUT2D eigenvalue weighted by atomic mass is 127. The molecule has 2 amide bonds. The number of rotatable bonds is 5. The zero-order chi connectivity index (χ0) is 23.2. The van der Waals surface area contributed by atoms with Crippen LogP contribution in [0.2, 0.25) is 0 Å². The number of imide groups is 1. The lowest BCUT2D eigenvalue weighted by atomic mass is 10.1. The Kier molecular flexibility index (Phi) is 6.00. The van der Waals surface area contributed by atoms with Gasteiger partial charge in [0, 0.05) is 9.61 Å². The summed E-state index contributed by atoms with van der Waals surface area (Å²) in [6.45, 7) is 0. The van der Waals surface area contributed by atoms with Gasteiger partial charge in [-0.1, -0.05) is 43.2 Å². The van der Waals surface area contributed by atoms with Gasteiger partial charge in [0.2, 0.25) is 15.9 Å². The Hall–Kier alpha value is -2.30. The minimum absolute atomic E-state index is 0.145. The lowest BCUT2D eigenvalue weighted by Crippen LogP contribution is -2.49. The Morgan fingerprint density at radius 1 is 0.879 bits per heavy atom. The highest BCUT2D eigenvalue weighted by molar-refractivity contribution is 14.1. The second kappa shape index (κ2) is 8.81. The SMILES string of the molecule is O=C1CC(N(C2CCCC2)S(=O)(=O)c2ccc3ccccc3c2)C(=O)N1c1ccc(I)cc1. The van der Waals surface area contributed by atoms with Gasteiger partial charge < -0.3 is 0 Å². The first-order valence-corrected chi connectivity index (χ1v) is 13.5. The minimum Gasteiger partial charge on any atom is -0.274 e. The Bertz CT molecular complexity index is 1330. The number of amides is 2. The molecule has 2 aliphatic rings. The van der Waals surface area contributed by atoms with E-state index in [1.165, 1.54) is 4.31 Å². The fourth-order valence-corrected chi connectivity index (χ4v) is 7.12. The molecule has 8 heteroatoms. The summed E-state index contributed by atoms with van der Waals surface area (Å²) in [5.41, 5.74) is 0.474. The smallest absolute Gasteiger partial charge is 0.252 e. The molecule has 6 nitrogen and oxygen atoms in total. The van der Waals surface area contributed by atoms with E-state index in [0.717, 1.165) is 32.1 Å². The predicted molar refractivity (Wildman–Crippen MR) is 135 cm³/mol. The Labute approximate surface area is 206 Å². The number of halogens is 1. The third kappa shape index (κ3) is 4.08. The third-order valence-corrected chi connectivity index (χ3v) is 9.17. The number of sulfonamides is 1. The zero-order valence-corrected chi connectivity index (χ0v) is 20.8. The average molecular weight is 574 g/mol. The van der Waals surface area contributed by atoms with Crippen molar-refractivity contribution in [2.45, 2.75) is 49.1 Å². The number of benzene rings is 3. The van der Waals surface area contributed by atoms with Gasteiger partial charge in [-0.3, -0.25) is 9.59 Å². The van der Waals surface area contributed by atoms with Crippen LogP contribution in [0.3, 0.4) is 0 Å². The molecule has 2 fully saturated rings. The molecule has 0 spiro atoms. The molecule has 1 saturated carbocycles. The maximum atomic E-state index is 13.9. The topological polar surface area (TPSA) is 74.8 Å². The number of carbonyl (C=O) groups is 2. The van der Waals surface area contributed by atoms with Crippen LogP contribution in [0.25, 0.3) is 10.8 Å². The molecule has 0 radical (unpaired) electrons. The van der Waals surface area contributed by atoms with Crippen LogP contribution in [0.5, 0.6) is 0 Å². The summed E-state index contributed by atoms with van der Waals surface area (Å²) in [6.07, 6.45) is 3.05. The molecule has 3 aromatic carbocycles. The predicted octanol–water partition coefficient (Wildman–Crippen LogP) is 4.71. The Balaban J connectivity index is 1.56. The molecule has 33 heavy (non-hydrogen) atoms. The van der Waals surface area contributed by atoms with Gasteiger partial charge in [-0.2, -0.15) is 4.31 Å². The van der Waals surface area contributed by atoms with Crippen LogP contribution < -0.4 is 4.90 Å². The maximum Gasteiger partial charge on any atom is 0.252 e. The maximum absolute atomic E-state index is 13.9. The molecule has 1 unspecified atom stereocenters. The highest BCUT2D eigenvalue weighted by Crippen LogP contribution is 2.36. The Morgan fingerprint density at radius 3 is 2.24 bits per heavy atom. The summed E-state index contributed by atoms with van der Waals surface area (Å²) in [4.78, 5) is 27.7. The van der Waals surface area contributed by atoms with Crippen molar-refractivity contribution in [3.05, 3.63) is 70.3 Å². The van der Waals surface area contributed by atoms with Crippen LogP contribution in [-0.2, 0) is 19.6 Å². The number of anilines is 1. The summed E-state index contributed by atoms with van der Waals surface area (Å²) in [5, 5.41) is 1.76. The molecule has 1 atom stereocenters. The molecule has 1 aliphatic heterocycles. The molecule has 1 saturated heterocycles. The van der Waals surface area contributed by atoms with Crippen molar-refractivity contribution in [2.75, 3.05) is 4.90 Å². The van der Waals surface area contributed by atoms with E-state index in [9.17, 15) is 18.0 Å². The first-order chi connectivity index (χ1) is 15.9. The van der Waals surface area contributed by atoms with E-state index in [1.807, 2.05) is 36.4 Å². The third-order valence-electron chi connectivity index (χ3n) is 6.50. The van der Waals surface area contributed by atoms with Crippen LogP contribution in [0.4, 0.5) is 5.69 Å². The van der Waals surface area contributed by atoms with E-state index in [2.05, 4.69) is 22.6 Å². The number of carbonyl (C=O) groups excluding carboxylic acids is 2. The van der Waals surface area contributed by atoms with Crippen LogP contribution in [0.15, 0.2) is 71.6 Å². The first-order valence-electron chi connectivity index (χ1n) is 11.0. The van der Waals surface area contributed by atoms with Crippen molar-refractivity contribution in [3.63, 3.8) is 0 Å². The first kappa shape index (κ1) is 22.5. The largest absolute Gasteiger partial charge is 0.274 e. The van der Waals surface area contributed by atoms with Gasteiger partial charge in [-0.25, -0.2) is 13.3 Å². The molecule has 170 valence electrons. The lowest BCUT2D eigenvalue weighted by Gasteiger charge is -2.32. The van der Waals surface area contributed by atoms with Gasteiger partial charge in [0.1, 0.15) is 6.04 Å². The van der Waals surface area contributed by atoms with E-state index in [1.54, 1.807) is 30.3 Å². The van der Waals surface area contributed by atoms with Crippen LogP contribution in [-0.4, -0.2) is 36.6 Å². The van der Waals surface area contributed by atoms with E-state index in [-0.39, 0.29) is 23.3 Å². The summed E-state index contributed by atoms with van der Waals surface area (Å²) in [7, 11) is -4.00. The quantitative estimate of drug-likeness (QED) is 0.327. The van der Waals surface area contributed by atoms with Gasteiger partial charge in [-0.05, 0) is 82.6 Å². The van der Waals surface area contributed by atoms with Gasteiger partial charge in [0.15, 0.2) is 0 Å². The van der Waals surface area contributed by atoms with E-state index in [0.29, 0.717) is 18.5 Å². The molecule has 0 aromatic heterocycles. The number of fused-ring (bicyclic) bond motifs is 1. The second-order valence-electron chi connectivity index (χ2n) is 8.55. The normalized spacial score (nSPS) is 19.8. The van der Waals surface area contributed by atoms with Crippen LogP contribution in [0, 0.1) is 3.57 Å². The summed E-state index contributed by atoms with van der Waals surface area (Å²) in [5.74, 6) is -0.847. The summed E-state index contributed by atoms with van der Waals surface area (Å²) >= 11 is 2.16. The van der Waals surface area contributed by atoms with Crippen molar-refractivity contribution in [1.82, 2.24) is 4.31 Å². The molecule has 0 N–H and O–H groups in total. The van der Waals surface area contributed by atoms with Gasteiger partial charge >= 0.3 is 0 Å².